The quantitative estimate of drug-likeness (QED) is 0.263. The van der Waals surface area contributed by atoms with Crippen molar-refractivity contribution in [3.63, 3.8) is 0 Å². The van der Waals surface area contributed by atoms with E-state index in [9.17, 15) is 29.1 Å². The molecule has 14 heteroatoms. The van der Waals surface area contributed by atoms with Crippen LogP contribution in [0.3, 0.4) is 0 Å². The first-order chi connectivity index (χ1) is 21.0. The van der Waals surface area contributed by atoms with Crippen molar-refractivity contribution in [3.8, 4) is 0 Å². The second-order valence-corrected chi connectivity index (χ2v) is 13.7. The van der Waals surface area contributed by atoms with Crippen molar-refractivity contribution in [2.75, 3.05) is 30.4 Å². The summed E-state index contributed by atoms with van der Waals surface area (Å²) in [5.74, 6) is -2.83. The van der Waals surface area contributed by atoms with Crippen molar-refractivity contribution in [2.45, 2.75) is 25.3 Å². The number of carboxylic acids is 1. The first kappa shape index (κ1) is 30.2. The molecule has 4 aliphatic rings. The molecule has 10 nitrogen and oxygen atoms in total. The van der Waals surface area contributed by atoms with Crippen LogP contribution >= 0.6 is 48.0 Å². The number of anilines is 2. The number of thiocarbonyl (C=S) groups is 2. The smallest absolute Gasteiger partial charge is 0.326 e. The third-order valence-electron chi connectivity index (χ3n) is 7.91. The highest BCUT2D eigenvalue weighted by Crippen LogP contribution is 2.46. The maximum absolute atomic E-state index is 13.6. The first-order valence-corrected chi connectivity index (χ1v) is 16.0. The number of fused-ring (bicyclic) bond motifs is 2. The number of rotatable bonds is 7. The Bertz CT molecular complexity index is 1790. The number of amides is 4. The van der Waals surface area contributed by atoms with Crippen molar-refractivity contribution in [1.29, 1.82) is 0 Å². The number of carbonyl (C=O) groups is 5. The van der Waals surface area contributed by atoms with Gasteiger partial charge in [0.15, 0.2) is 0 Å². The van der Waals surface area contributed by atoms with E-state index in [1.54, 1.807) is 44.4 Å². The SMILES string of the molecule is CN1C(=O)/C(=C2\SC(=S)N(CCCCC(C(=O)O)N3C(=O)/C(=C4/C(=O)N(C)c5ccccc54)SC3=S)C2=O)c2ccccc21. The van der Waals surface area contributed by atoms with Crippen molar-refractivity contribution < 1.29 is 29.1 Å². The van der Waals surface area contributed by atoms with Gasteiger partial charge < -0.3 is 14.9 Å². The lowest BCUT2D eigenvalue weighted by molar-refractivity contribution is -0.145. The van der Waals surface area contributed by atoms with Gasteiger partial charge >= 0.3 is 5.97 Å². The first-order valence-electron chi connectivity index (χ1n) is 13.6. The van der Waals surface area contributed by atoms with Gasteiger partial charge in [-0.1, -0.05) is 84.4 Å². The lowest BCUT2D eigenvalue weighted by atomic mass is 10.0. The zero-order valence-corrected chi connectivity index (χ0v) is 26.7. The van der Waals surface area contributed by atoms with Gasteiger partial charge in [0.2, 0.25) is 0 Å². The normalized spacial score (nSPS) is 22.1. The molecular weight excluding hydrogens is 641 g/mol. The standard InChI is InChI=1S/C30H24N4O6S4/c1-31-17-11-5-3-9-15(17)20(24(31)35)22-26(37)33(29(41)43-22)14-8-7-13-19(28(39)40)34-27(38)23(44-30(34)42)21-16-10-4-6-12-18(16)32(2)25(21)36/h3-6,9-12,19H,7-8,13-14H2,1-2H3,(H,39,40)/b22-20-,23-21-. The Labute approximate surface area is 271 Å². The van der Waals surface area contributed by atoms with E-state index in [1.165, 1.54) is 14.7 Å². The largest absolute Gasteiger partial charge is 0.480 e. The molecule has 0 bridgehead atoms. The Morgan fingerprint density at radius 2 is 1.25 bits per heavy atom. The second kappa shape index (κ2) is 11.6. The van der Waals surface area contributed by atoms with Crippen LogP contribution in [-0.2, 0) is 24.0 Å². The molecule has 4 amide bonds. The van der Waals surface area contributed by atoms with Crippen molar-refractivity contribution >= 4 is 109 Å². The van der Waals surface area contributed by atoms with Crippen LogP contribution in [0.5, 0.6) is 0 Å². The van der Waals surface area contributed by atoms with E-state index in [0.29, 0.717) is 39.5 Å². The molecule has 2 fully saturated rings. The molecule has 2 saturated heterocycles. The number of unbranched alkanes of at least 4 members (excludes halogenated alkanes) is 1. The number of likely N-dealkylation sites (N-methyl/N-ethyl adjacent to an activating group) is 2. The van der Waals surface area contributed by atoms with Crippen LogP contribution in [0, 0.1) is 0 Å². The average molecular weight is 665 g/mol. The minimum atomic E-state index is -1.25. The Kier molecular flexibility index (Phi) is 7.94. The molecule has 0 aromatic heterocycles. The number of nitrogens with zero attached hydrogens (tertiary/aromatic N) is 4. The molecule has 0 spiro atoms. The fourth-order valence-corrected chi connectivity index (χ4v) is 8.50. The summed E-state index contributed by atoms with van der Waals surface area (Å²) in [6.07, 6.45) is 0.815. The van der Waals surface area contributed by atoms with E-state index in [4.69, 9.17) is 24.4 Å². The molecule has 4 heterocycles. The zero-order chi connectivity index (χ0) is 31.4. The summed E-state index contributed by atoms with van der Waals surface area (Å²) in [5.41, 5.74) is 3.19. The Morgan fingerprint density at radius 3 is 1.80 bits per heavy atom. The van der Waals surface area contributed by atoms with Crippen LogP contribution in [0.25, 0.3) is 11.1 Å². The number of aliphatic carboxylic acids is 1. The minimum absolute atomic E-state index is 0.0692. The molecule has 44 heavy (non-hydrogen) atoms. The fraction of sp³-hybridized carbons (Fsp3) is 0.233. The summed E-state index contributed by atoms with van der Waals surface area (Å²) < 4.78 is 0.391. The van der Waals surface area contributed by atoms with Gasteiger partial charge in [0.05, 0.1) is 32.3 Å². The van der Waals surface area contributed by atoms with E-state index in [1.807, 2.05) is 18.2 Å². The van der Waals surface area contributed by atoms with Crippen molar-refractivity contribution in [1.82, 2.24) is 9.80 Å². The van der Waals surface area contributed by atoms with E-state index >= 15 is 0 Å². The second-order valence-electron chi connectivity index (χ2n) is 10.4. The Balaban J connectivity index is 1.15. The number of benzene rings is 2. The van der Waals surface area contributed by atoms with Gasteiger partial charge in [-0.2, -0.15) is 0 Å². The zero-order valence-electron chi connectivity index (χ0n) is 23.4. The topological polar surface area (TPSA) is 119 Å². The third-order valence-corrected chi connectivity index (χ3v) is 10.8. The molecule has 6 rings (SSSR count). The lowest BCUT2D eigenvalue weighted by Crippen LogP contribution is -2.44. The van der Waals surface area contributed by atoms with Crippen LogP contribution in [0.1, 0.15) is 30.4 Å². The number of hydrogen-bond acceptors (Lipinski definition) is 9. The van der Waals surface area contributed by atoms with Crippen LogP contribution in [0.15, 0.2) is 58.3 Å². The molecule has 224 valence electrons. The average Bonchev–Trinajstić information content (AvgIpc) is 3.63. The summed E-state index contributed by atoms with van der Waals surface area (Å²) in [5, 5.41) is 10.1. The fourth-order valence-electron chi connectivity index (χ4n) is 5.69. The highest BCUT2D eigenvalue weighted by Gasteiger charge is 2.45. The summed E-state index contributed by atoms with van der Waals surface area (Å²) in [7, 11) is 3.28. The maximum atomic E-state index is 13.6. The number of para-hydroxylation sites is 2. The van der Waals surface area contributed by atoms with Crippen LogP contribution < -0.4 is 9.80 Å². The lowest BCUT2D eigenvalue weighted by Gasteiger charge is -2.23. The molecule has 1 unspecified atom stereocenters. The summed E-state index contributed by atoms with van der Waals surface area (Å²) in [6.45, 7) is 0.222. The van der Waals surface area contributed by atoms with E-state index in [-0.39, 0.29) is 50.4 Å². The predicted octanol–water partition coefficient (Wildman–Crippen LogP) is 4.11. The number of thioether (sulfide) groups is 2. The Hall–Kier alpha value is -3.85. The number of hydrogen-bond donors (Lipinski definition) is 1. The molecule has 2 aromatic carbocycles. The van der Waals surface area contributed by atoms with Gasteiger partial charge in [-0.3, -0.25) is 29.0 Å². The Morgan fingerprint density at radius 1 is 0.750 bits per heavy atom. The summed E-state index contributed by atoms with van der Waals surface area (Å²) in [6, 6.07) is 13.1. The maximum Gasteiger partial charge on any atom is 0.326 e. The molecular formula is C30H24N4O6S4. The highest BCUT2D eigenvalue weighted by molar-refractivity contribution is 8.27. The predicted molar refractivity (Wildman–Crippen MR) is 178 cm³/mol. The molecule has 0 saturated carbocycles. The van der Waals surface area contributed by atoms with Gasteiger partial charge in [-0.05, 0) is 31.4 Å². The number of carbonyl (C=O) groups excluding carboxylic acids is 4. The summed E-state index contributed by atoms with van der Waals surface area (Å²) >= 11 is 12.9. The molecule has 4 aliphatic heterocycles. The molecule has 0 radical (unpaired) electrons. The molecule has 1 atom stereocenters. The van der Waals surface area contributed by atoms with Gasteiger partial charge in [-0.15, -0.1) is 0 Å². The van der Waals surface area contributed by atoms with Gasteiger partial charge in [-0.25, -0.2) is 4.79 Å². The van der Waals surface area contributed by atoms with Crippen molar-refractivity contribution in [3.05, 3.63) is 69.5 Å². The van der Waals surface area contributed by atoms with E-state index < -0.39 is 17.9 Å². The monoisotopic (exact) mass is 664 g/mol. The summed E-state index contributed by atoms with van der Waals surface area (Å²) in [4.78, 5) is 71.2. The van der Waals surface area contributed by atoms with Crippen LogP contribution in [0.4, 0.5) is 11.4 Å². The van der Waals surface area contributed by atoms with E-state index in [2.05, 4.69) is 0 Å². The molecule has 2 aromatic rings. The van der Waals surface area contributed by atoms with Crippen LogP contribution in [-0.4, -0.2) is 79.8 Å². The highest BCUT2D eigenvalue weighted by atomic mass is 32.2. The van der Waals surface area contributed by atoms with Gasteiger partial charge in [0, 0.05) is 31.8 Å². The van der Waals surface area contributed by atoms with Gasteiger partial charge in [0.25, 0.3) is 23.6 Å². The molecule has 0 aliphatic carbocycles. The van der Waals surface area contributed by atoms with Crippen molar-refractivity contribution in [2.24, 2.45) is 0 Å². The third kappa shape index (κ3) is 4.76. The van der Waals surface area contributed by atoms with E-state index in [0.717, 1.165) is 34.1 Å². The van der Waals surface area contributed by atoms with Crippen LogP contribution in [0.2, 0.25) is 0 Å². The minimum Gasteiger partial charge on any atom is -0.480 e. The van der Waals surface area contributed by atoms with Gasteiger partial charge in [0.1, 0.15) is 14.7 Å². The number of carboxylic acid groups (broad SMARTS) is 1. The molecule has 1 N–H and O–H groups in total.